The average molecular weight is 392 g/mol. The number of carbonyl (C=O) groups excluding carboxylic acids is 3. The third-order valence-corrected chi connectivity index (χ3v) is 5.20. The summed E-state index contributed by atoms with van der Waals surface area (Å²) in [5.74, 6) is -0.794. The minimum absolute atomic E-state index is 0.0613. The topological polar surface area (TPSA) is 85.4 Å². The van der Waals surface area contributed by atoms with Crippen LogP contribution in [0.4, 0.5) is 5.13 Å². The quantitative estimate of drug-likeness (QED) is 0.523. The molecule has 0 saturated carbocycles. The predicted octanol–water partition coefficient (Wildman–Crippen LogP) is 3.71. The van der Waals surface area contributed by atoms with Crippen molar-refractivity contribution in [3.05, 3.63) is 70.2 Å². The van der Waals surface area contributed by atoms with Crippen molar-refractivity contribution < 1.29 is 19.1 Å². The van der Waals surface area contributed by atoms with E-state index in [0.717, 1.165) is 11.1 Å². The minimum atomic E-state index is -0.359. The van der Waals surface area contributed by atoms with Crippen LogP contribution in [0.1, 0.15) is 38.9 Å². The van der Waals surface area contributed by atoms with Gasteiger partial charge >= 0.3 is 5.97 Å². The molecule has 140 valence electrons. The highest BCUT2D eigenvalue weighted by molar-refractivity contribution is 7.14. The fraction of sp³-hybridized carbons (Fsp3) is 0.143. The van der Waals surface area contributed by atoms with Crippen molar-refractivity contribution in [2.24, 2.45) is 0 Å². The number of hydrogen-bond donors (Lipinski definition) is 1. The van der Waals surface area contributed by atoms with Crippen LogP contribution < -0.4 is 5.32 Å². The third kappa shape index (κ3) is 3.32. The Morgan fingerprint density at radius 1 is 1.07 bits per heavy atom. The summed E-state index contributed by atoms with van der Waals surface area (Å²) in [5.41, 5.74) is 3.82. The molecule has 2 aromatic carbocycles. The molecule has 0 saturated heterocycles. The van der Waals surface area contributed by atoms with Gasteiger partial charge in [0, 0.05) is 22.1 Å². The molecule has 7 heteroatoms. The number of fused-ring (bicyclic) bond motifs is 3. The maximum atomic E-state index is 12.6. The Bertz CT molecular complexity index is 1100. The lowest BCUT2D eigenvalue weighted by Gasteiger charge is -2.05. The third-order valence-electron chi connectivity index (χ3n) is 4.39. The van der Waals surface area contributed by atoms with Crippen molar-refractivity contribution in [1.29, 1.82) is 0 Å². The molecule has 1 N–H and O–H groups in total. The molecule has 1 aliphatic carbocycles. The van der Waals surface area contributed by atoms with Crippen molar-refractivity contribution in [1.82, 2.24) is 4.98 Å². The second-order valence-corrected chi connectivity index (χ2v) is 7.07. The van der Waals surface area contributed by atoms with Crippen LogP contribution in [0.15, 0.2) is 47.8 Å². The summed E-state index contributed by atoms with van der Waals surface area (Å²) in [4.78, 5) is 40.9. The monoisotopic (exact) mass is 392 g/mol. The Kier molecular flexibility index (Phi) is 4.75. The Morgan fingerprint density at radius 3 is 2.61 bits per heavy atom. The minimum Gasteiger partial charge on any atom is -0.466 e. The van der Waals surface area contributed by atoms with E-state index in [0.29, 0.717) is 34.1 Å². The number of hydrogen-bond acceptors (Lipinski definition) is 6. The SMILES string of the molecule is CCOC(=O)Cc1csc(NC(=O)c2ccc3c(c2)C(=O)c2ccccc2-3)n1. The normalized spacial score (nSPS) is 11.7. The van der Waals surface area contributed by atoms with Gasteiger partial charge in [0.05, 0.1) is 18.7 Å². The van der Waals surface area contributed by atoms with Crippen LogP contribution in [0.3, 0.4) is 0 Å². The summed E-state index contributed by atoms with van der Waals surface area (Å²) in [6.07, 6.45) is 0.0613. The van der Waals surface area contributed by atoms with Gasteiger partial charge in [-0.1, -0.05) is 30.3 Å². The van der Waals surface area contributed by atoms with Gasteiger partial charge in [0.15, 0.2) is 10.9 Å². The molecule has 0 fully saturated rings. The molecule has 3 aromatic rings. The molecule has 0 spiro atoms. The van der Waals surface area contributed by atoms with Crippen LogP contribution in [0.25, 0.3) is 11.1 Å². The smallest absolute Gasteiger partial charge is 0.311 e. The van der Waals surface area contributed by atoms with Crippen LogP contribution in [0.2, 0.25) is 0 Å². The van der Waals surface area contributed by atoms with E-state index in [2.05, 4.69) is 10.3 Å². The van der Waals surface area contributed by atoms with Gasteiger partial charge in [0.1, 0.15) is 0 Å². The second-order valence-electron chi connectivity index (χ2n) is 6.21. The van der Waals surface area contributed by atoms with Gasteiger partial charge in [0.25, 0.3) is 5.91 Å². The number of benzene rings is 2. The lowest BCUT2D eigenvalue weighted by atomic mass is 10.0. The fourth-order valence-corrected chi connectivity index (χ4v) is 3.85. The van der Waals surface area contributed by atoms with E-state index in [-0.39, 0.29) is 24.1 Å². The van der Waals surface area contributed by atoms with Crippen molar-refractivity contribution in [2.75, 3.05) is 11.9 Å². The molecule has 4 rings (SSSR count). The van der Waals surface area contributed by atoms with Crippen molar-refractivity contribution in [3.63, 3.8) is 0 Å². The molecular weight excluding hydrogens is 376 g/mol. The number of rotatable bonds is 5. The molecule has 0 radical (unpaired) electrons. The van der Waals surface area contributed by atoms with E-state index in [4.69, 9.17) is 4.74 Å². The van der Waals surface area contributed by atoms with Gasteiger partial charge in [-0.15, -0.1) is 11.3 Å². The number of carbonyl (C=O) groups is 3. The van der Waals surface area contributed by atoms with Gasteiger partial charge in [-0.2, -0.15) is 0 Å². The van der Waals surface area contributed by atoms with Gasteiger partial charge in [-0.05, 0) is 30.2 Å². The average Bonchev–Trinajstić information content (AvgIpc) is 3.24. The highest BCUT2D eigenvalue weighted by Crippen LogP contribution is 2.36. The molecule has 0 bridgehead atoms. The molecule has 28 heavy (non-hydrogen) atoms. The summed E-state index contributed by atoms with van der Waals surface area (Å²) in [7, 11) is 0. The zero-order chi connectivity index (χ0) is 19.7. The van der Waals surface area contributed by atoms with E-state index in [1.54, 1.807) is 36.6 Å². The van der Waals surface area contributed by atoms with E-state index < -0.39 is 0 Å². The first-order valence-electron chi connectivity index (χ1n) is 8.76. The number of ether oxygens (including phenoxy) is 1. The molecule has 1 amide bonds. The molecule has 1 aliphatic rings. The van der Waals surface area contributed by atoms with Gasteiger partial charge in [0.2, 0.25) is 0 Å². The van der Waals surface area contributed by atoms with Gasteiger partial charge in [-0.25, -0.2) is 4.98 Å². The summed E-state index contributed by atoms with van der Waals surface area (Å²) in [6.45, 7) is 2.05. The molecule has 6 nitrogen and oxygen atoms in total. The van der Waals surface area contributed by atoms with Crippen LogP contribution >= 0.6 is 11.3 Å². The lowest BCUT2D eigenvalue weighted by molar-refractivity contribution is -0.142. The largest absolute Gasteiger partial charge is 0.466 e. The molecule has 1 heterocycles. The number of aromatic nitrogens is 1. The van der Waals surface area contributed by atoms with Crippen molar-refractivity contribution >= 4 is 34.1 Å². The molecule has 0 atom stereocenters. The second kappa shape index (κ2) is 7.36. The van der Waals surface area contributed by atoms with Crippen LogP contribution in [-0.4, -0.2) is 29.3 Å². The molecular formula is C21H16N2O4S. The number of anilines is 1. The lowest BCUT2D eigenvalue weighted by Crippen LogP contribution is -2.13. The highest BCUT2D eigenvalue weighted by atomic mass is 32.1. The standard InChI is InChI=1S/C21H16N2O4S/c1-2-27-18(24)10-13-11-28-21(22-13)23-20(26)12-7-8-15-14-5-3-4-6-16(14)19(25)17(15)9-12/h3-9,11H,2,10H2,1H3,(H,22,23,26). The summed E-state index contributed by atoms with van der Waals surface area (Å²) in [5, 5.41) is 4.81. The van der Waals surface area contributed by atoms with Gasteiger partial charge < -0.3 is 4.74 Å². The van der Waals surface area contributed by atoms with Crippen LogP contribution in [0, 0.1) is 0 Å². The number of nitrogens with zero attached hydrogens (tertiary/aromatic N) is 1. The maximum absolute atomic E-state index is 12.6. The van der Waals surface area contributed by atoms with Crippen molar-refractivity contribution in [3.8, 4) is 11.1 Å². The first kappa shape index (κ1) is 18.1. The van der Waals surface area contributed by atoms with Gasteiger partial charge in [-0.3, -0.25) is 19.7 Å². The zero-order valence-electron chi connectivity index (χ0n) is 15.0. The highest BCUT2D eigenvalue weighted by Gasteiger charge is 2.27. The number of amides is 1. The van der Waals surface area contributed by atoms with Crippen molar-refractivity contribution in [2.45, 2.75) is 13.3 Å². The molecule has 0 unspecified atom stereocenters. The number of nitrogens with one attached hydrogen (secondary N) is 1. The zero-order valence-corrected chi connectivity index (χ0v) is 15.8. The van der Waals surface area contributed by atoms with Crippen LogP contribution in [-0.2, 0) is 16.0 Å². The molecule has 1 aromatic heterocycles. The van der Waals surface area contributed by atoms with E-state index >= 15 is 0 Å². The Labute approximate surface area is 165 Å². The Balaban J connectivity index is 1.51. The summed E-state index contributed by atoms with van der Waals surface area (Å²) in [6, 6.07) is 12.5. The fourth-order valence-electron chi connectivity index (χ4n) is 3.14. The predicted molar refractivity (Wildman–Crippen MR) is 106 cm³/mol. The first-order valence-corrected chi connectivity index (χ1v) is 9.64. The summed E-state index contributed by atoms with van der Waals surface area (Å²) < 4.78 is 4.89. The van der Waals surface area contributed by atoms with E-state index in [9.17, 15) is 14.4 Å². The Hall–Kier alpha value is -3.32. The van der Waals surface area contributed by atoms with Crippen LogP contribution in [0.5, 0.6) is 0 Å². The maximum Gasteiger partial charge on any atom is 0.311 e. The first-order chi connectivity index (χ1) is 13.6. The summed E-state index contributed by atoms with van der Waals surface area (Å²) >= 11 is 1.23. The number of esters is 1. The van der Waals surface area contributed by atoms with E-state index in [1.165, 1.54) is 11.3 Å². The number of ketones is 1. The Morgan fingerprint density at radius 2 is 1.82 bits per heavy atom. The van der Waals surface area contributed by atoms with E-state index in [1.807, 2.05) is 18.2 Å². The number of thiazole rings is 1. The molecule has 0 aliphatic heterocycles.